The molecule has 1 amide bonds. The molecule has 2 aromatic rings. The third-order valence-electron chi connectivity index (χ3n) is 3.39. The van der Waals surface area contributed by atoms with E-state index in [0.29, 0.717) is 15.6 Å². The maximum absolute atomic E-state index is 12.2. The summed E-state index contributed by atoms with van der Waals surface area (Å²) in [6.07, 6.45) is 1.13. The van der Waals surface area contributed by atoms with E-state index >= 15 is 0 Å². The minimum Gasteiger partial charge on any atom is -0.350 e. The van der Waals surface area contributed by atoms with Gasteiger partial charge < -0.3 is 5.32 Å². The average Bonchev–Trinajstić information content (AvgIpc) is 2.97. The number of carbonyl (C=O) groups is 1. The first-order valence-corrected chi connectivity index (χ1v) is 10.4. The summed E-state index contributed by atoms with van der Waals surface area (Å²) in [7, 11) is -3.53. The lowest BCUT2D eigenvalue weighted by atomic mass is 10.1. The number of sulfonamides is 1. The van der Waals surface area contributed by atoms with Crippen molar-refractivity contribution in [2.75, 3.05) is 23.7 Å². The van der Waals surface area contributed by atoms with Crippen molar-refractivity contribution in [2.24, 2.45) is 0 Å². The van der Waals surface area contributed by atoms with E-state index in [0.717, 1.165) is 17.4 Å². The van der Waals surface area contributed by atoms with E-state index in [1.807, 2.05) is 25.3 Å². The monoisotopic (exact) mass is 386 g/mol. The Hall–Kier alpha value is -1.57. The van der Waals surface area contributed by atoms with E-state index in [1.54, 1.807) is 18.2 Å². The van der Waals surface area contributed by atoms with Gasteiger partial charge in [-0.3, -0.25) is 9.10 Å². The zero-order valence-electron chi connectivity index (χ0n) is 13.7. The fourth-order valence-electron chi connectivity index (χ4n) is 2.43. The molecular formula is C16H19ClN2O3S2. The second-order valence-corrected chi connectivity index (χ2v) is 8.74. The standard InChI is InChI=1S/C16H19ClN2O3S2/c1-11-9-12(2)15(13(17)10-11)19(24(3,21)22)7-6-18-16(20)14-5-4-8-23-14/h4-5,8-10H,6-7H2,1-3H3,(H,18,20). The number of halogens is 1. The van der Waals surface area contributed by atoms with Crippen molar-refractivity contribution in [3.8, 4) is 0 Å². The number of rotatable bonds is 6. The Kier molecular flexibility index (Phi) is 5.90. The molecule has 5 nitrogen and oxygen atoms in total. The summed E-state index contributed by atoms with van der Waals surface area (Å²) in [5.74, 6) is -0.217. The molecule has 0 aliphatic carbocycles. The third-order valence-corrected chi connectivity index (χ3v) is 5.72. The fourth-order valence-corrected chi connectivity index (χ4v) is 4.54. The van der Waals surface area contributed by atoms with E-state index in [2.05, 4.69) is 5.32 Å². The van der Waals surface area contributed by atoms with Crippen molar-refractivity contribution in [1.82, 2.24) is 5.32 Å². The molecule has 0 fully saturated rings. The van der Waals surface area contributed by atoms with Crippen LogP contribution in [0.25, 0.3) is 0 Å². The molecule has 0 atom stereocenters. The van der Waals surface area contributed by atoms with Gasteiger partial charge in [-0.2, -0.15) is 0 Å². The van der Waals surface area contributed by atoms with E-state index in [1.165, 1.54) is 15.6 Å². The zero-order chi connectivity index (χ0) is 17.9. The molecule has 0 aliphatic heterocycles. The number of benzene rings is 1. The molecule has 0 saturated heterocycles. The lowest BCUT2D eigenvalue weighted by molar-refractivity contribution is 0.0959. The Labute approximate surface area is 151 Å². The van der Waals surface area contributed by atoms with Crippen LogP contribution in [-0.4, -0.2) is 33.7 Å². The first kappa shape index (κ1) is 18.8. The average molecular weight is 387 g/mol. The van der Waals surface area contributed by atoms with E-state index in [-0.39, 0.29) is 19.0 Å². The van der Waals surface area contributed by atoms with Gasteiger partial charge in [0.05, 0.1) is 28.4 Å². The summed E-state index contributed by atoms with van der Waals surface area (Å²) in [4.78, 5) is 12.5. The number of thiophene rings is 1. The van der Waals surface area contributed by atoms with Crippen LogP contribution in [0.15, 0.2) is 29.6 Å². The largest absolute Gasteiger partial charge is 0.350 e. The van der Waals surface area contributed by atoms with Crippen LogP contribution in [0.4, 0.5) is 5.69 Å². The van der Waals surface area contributed by atoms with Gasteiger partial charge in [-0.25, -0.2) is 8.42 Å². The molecule has 1 aromatic heterocycles. The molecule has 0 aliphatic rings. The highest BCUT2D eigenvalue weighted by Gasteiger charge is 2.22. The van der Waals surface area contributed by atoms with Gasteiger partial charge in [0.2, 0.25) is 10.0 Å². The molecule has 0 saturated carbocycles. The summed E-state index contributed by atoms with van der Waals surface area (Å²) in [5.41, 5.74) is 2.19. The van der Waals surface area contributed by atoms with Crippen LogP contribution in [0.5, 0.6) is 0 Å². The summed E-state index contributed by atoms with van der Waals surface area (Å²) >= 11 is 7.60. The summed E-state index contributed by atoms with van der Waals surface area (Å²) in [5, 5.41) is 4.92. The first-order valence-electron chi connectivity index (χ1n) is 7.26. The quantitative estimate of drug-likeness (QED) is 0.828. The molecular weight excluding hydrogens is 368 g/mol. The van der Waals surface area contributed by atoms with Gasteiger partial charge in [-0.05, 0) is 42.5 Å². The van der Waals surface area contributed by atoms with Gasteiger partial charge in [0.1, 0.15) is 0 Å². The normalized spacial score (nSPS) is 11.3. The number of hydrogen-bond acceptors (Lipinski definition) is 4. The fraction of sp³-hybridized carbons (Fsp3) is 0.312. The Balaban J connectivity index is 2.18. The van der Waals surface area contributed by atoms with Gasteiger partial charge in [-0.15, -0.1) is 11.3 Å². The number of nitrogens with zero attached hydrogens (tertiary/aromatic N) is 1. The van der Waals surface area contributed by atoms with E-state index in [4.69, 9.17) is 11.6 Å². The van der Waals surface area contributed by atoms with Crippen LogP contribution in [0, 0.1) is 13.8 Å². The minimum absolute atomic E-state index is 0.111. The van der Waals surface area contributed by atoms with Crippen molar-refractivity contribution in [1.29, 1.82) is 0 Å². The molecule has 1 aromatic carbocycles. The maximum Gasteiger partial charge on any atom is 0.261 e. The highest BCUT2D eigenvalue weighted by Crippen LogP contribution is 2.32. The van der Waals surface area contributed by atoms with Gasteiger partial charge >= 0.3 is 0 Å². The minimum atomic E-state index is -3.53. The molecule has 8 heteroatoms. The van der Waals surface area contributed by atoms with Crippen LogP contribution in [0.3, 0.4) is 0 Å². The molecule has 1 heterocycles. The van der Waals surface area contributed by atoms with Gasteiger partial charge in [0.15, 0.2) is 0 Å². The molecule has 0 bridgehead atoms. The second kappa shape index (κ2) is 7.55. The molecule has 24 heavy (non-hydrogen) atoms. The van der Waals surface area contributed by atoms with Crippen LogP contribution >= 0.6 is 22.9 Å². The van der Waals surface area contributed by atoms with Crippen molar-refractivity contribution in [2.45, 2.75) is 13.8 Å². The molecule has 1 N–H and O–H groups in total. The SMILES string of the molecule is Cc1cc(C)c(N(CCNC(=O)c2cccs2)S(C)(=O)=O)c(Cl)c1. The number of amides is 1. The van der Waals surface area contributed by atoms with Crippen molar-refractivity contribution < 1.29 is 13.2 Å². The lowest BCUT2D eigenvalue weighted by Crippen LogP contribution is -2.38. The highest BCUT2D eigenvalue weighted by molar-refractivity contribution is 7.92. The molecule has 0 radical (unpaired) electrons. The smallest absolute Gasteiger partial charge is 0.261 e. The van der Waals surface area contributed by atoms with E-state index < -0.39 is 10.0 Å². The summed E-state index contributed by atoms with van der Waals surface area (Å²) in [6.45, 7) is 4.01. The number of carbonyl (C=O) groups excluding carboxylic acids is 1. The molecule has 0 unspecified atom stereocenters. The van der Waals surface area contributed by atoms with E-state index in [9.17, 15) is 13.2 Å². The Bertz CT molecular complexity index is 810. The summed E-state index contributed by atoms with van der Waals surface area (Å²) < 4.78 is 25.6. The van der Waals surface area contributed by atoms with Crippen molar-refractivity contribution >= 4 is 44.6 Å². The molecule has 0 spiro atoms. The third kappa shape index (κ3) is 4.49. The number of aryl methyl sites for hydroxylation is 2. The summed E-state index contributed by atoms with van der Waals surface area (Å²) in [6, 6.07) is 7.11. The second-order valence-electron chi connectivity index (χ2n) is 5.48. The molecule has 2 rings (SSSR count). The maximum atomic E-state index is 12.2. The molecule has 130 valence electrons. The van der Waals surface area contributed by atoms with Gasteiger partial charge in [0.25, 0.3) is 5.91 Å². The number of anilines is 1. The van der Waals surface area contributed by atoms with Gasteiger partial charge in [-0.1, -0.05) is 23.7 Å². The zero-order valence-corrected chi connectivity index (χ0v) is 16.1. The highest BCUT2D eigenvalue weighted by atomic mass is 35.5. The van der Waals surface area contributed by atoms with Crippen LogP contribution in [-0.2, 0) is 10.0 Å². The van der Waals surface area contributed by atoms with Crippen LogP contribution in [0.1, 0.15) is 20.8 Å². The number of nitrogens with one attached hydrogen (secondary N) is 1. The Morgan fingerprint density at radius 1 is 1.33 bits per heavy atom. The van der Waals surface area contributed by atoms with Crippen molar-refractivity contribution in [3.05, 3.63) is 50.7 Å². The predicted molar refractivity (Wildman–Crippen MR) is 99.8 cm³/mol. The Morgan fingerprint density at radius 2 is 2.04 bits per heavy atom. The predicted octanol–water partition coefficient (Wildman–Crippen LogP) is 3.21. The van der Waals surface area contributed by atoms with Gasteiger partial charge in [0, 0.05) is 6.54 Å². The Morgan fingerprint density at radius 3 is 2.58 bits per heavy atom. The topological polar surface area (TPSA) is 66.5 Å². The van der Waals surface area contributed by atoms with Crippen LogP contribution in [0.2, 0.25) is 5.02 Å². The van der Waals surface area contributed by atoms with Crippen molar-refractivity contribution in [3.63, 3.8) is 0 Å². The lowest BCUT2D eigenvalue weighted by Gasteiger charge is -2.25. The number of hydrogen-bond donors (Lipinski definition) is 1. The first-order chi connectivity index (χ1) is 11.2. The van der Waals surface area contributed by atoms with Crippen LogP contribution < -0.4 is 9.62 Å².